The Hall–Kier alpha value is -3.41. The molecule has 0 amide bonds. The first-order chi connectivity index (χ1) is 32.0. The largest absolute Gasteiger partial charge is 0.462 e. The summed E-state index contributed by atoms with van der Waals surface area (Å²) in [6, 6.07) is 0. The van der Waals surface area contributed by atoms with Crippen LogP contribution in [0, 0.1) is 0 Å². The van der Waals surface area contributed by atoms with Gasteiger partial charge in [0.15, 0.2) is 6.10 Å². The summed E-state index contributed by atoms with van der Waals surface area (Å²) in [5.41, 5.74) is 0. The Morgan fingerprint density at radius 3 is 1.12 bits per heavy atom. The second kappa shape index (κ2) is 53.2. The molecule has 0 radical (unpaired) electrons. The van der Waals surface area contributed by atoms with Crippen LogP contribution in [-0.4, -0.2) is 37.2 Å². The Labute approximate surface area is 401 Å². The number of unbranched alkanes of at least 4 members (excludes halogenated alkanes) is 24. The fourth-order valence-electron chi connectivity index (χ4n) is 7.36. The van der Waals surface area contributed by atoms with Crippen molar-refractivity contribution in [3.63, 3.8) is 0 Å². The Morgan fingerprint density at radius 2 is 0.677 bits per heavy atom. The highest BCUT2D eigenvalue weighted by atomic mass is 16.6. The van der Waals surface area contributed by atoms with E-state index in [2.05, 4.69) is 99.8 Å². The molecule has 0 fully saturated rings. The fraction of sp³-hybridized carbons (Fsp3) is 0.712. The van der Waals surface area contributed by atoms with Gasteiger partial charge >= 0.3 is 17.9 Å². The highest BCUT2D eigenvalue weighted by Gasteiger charge is 2.19. The minimum absolute atomic E-state index is 0.104. The topological polar surface area (TPSA) is 78.9 Å². The summed E-state index contributed by atoms with van der Waals surface area (Å²) in [7, 11) is 0. The first-order valence-electron chi connectivity index (χ1n) is 27.1. The Bertz CT molecular complexity index is 1270. The fourth-order valence-corrected chi connectivity index (χ4v) is 7.36. The van der Waals surface area contributed by atoms with Crippen molar-refractivity contribution in [2.24, 2.45) is 0 Å². The number of carbonyl (C=O) groups is 3. The molecule has 0 aliphatic carbocycles. The van der Waals surface area contributed by atoms with E-state index in [1.165, 1.54) is 128 Å². The molecule has 1 unspecified atom stereocenters. The van der Waals surface area contributed by atoms with Crippen LogP contribution in [0.2, 0.25) is 0 Å². The van der Waals surface area contributed by atoms with Gasteiger partial charge in [0, 0.05) is 19.3 Å². The average molecular weight is 905 g/mol. The third-order valence-corrected chi connectivity index (χ3v) is 11.4. The summed E-state index contributed by atoms with van der Waals surface area (Å²) in [5, 5.41) is 0. The normalized spacial score (nSPS) is 12.7. The number of carbonyl (C=O) groups excluding carboxylic acids is 3. The van der Waals surface area contributed by atoms with Crippen LogP contribution in [0.25, 0.3) is 0 Å². The number of ether oxygens (including phenoxy) is 3. The Kier molecular flexibility index (Phi) is 50.4. The van der Waals surface area contributed by atoms with Crippen LogP contribution < -0.4 is 0 Å². The Morgan fingerprint density at radius 1 is 0.338 bits per heavy atom. The molecule has 0 heterocycles. The van der Waals surface area contributed by atoms with Crippen molar-refractivity contribution in [1.29, 1.82) is 0 Å². The monoisotopic (exact) mass is 905 g/mol. The third kappa shape index (κ3) is 51.4. The van der Waals surface area contributed by atoms with Gasteiger partial charge in [-0.3, -0.25) is 14.4 Å². The lowest BCUT2D eigenvalue weighted by Gasteiger charge is -2.18. The molecule has 0 bridgehead atoms. The van der Waals surface area contributed by atoms with Crippen molar-refractivity contribution in [2.45, 2.75) is 258 Å². The van der Waals surface area contributed by atoms with E-state index in [4.69, 9.17) is 14.2 Å². The van der Waals surface area contributed by atoms with Crippen LogP contribution in [0.1, 0.15) is 252 Å². The number of esters is 3. The molecular formula is C59H100O6. The number of allylic oxidation sites excluding steroid dienone is 14. The summed E-state index contributed by atoms with van der Waals surface area (Å²) in [5.74, 6) is -0.997. The van der Waals surface area contributed by atoms with E-state index in [-0.39, 0.29) is 37.5 Å². The van der Waals surface area contributed by atoms with Crippen LogP contribution in [0.5, 0.6) is 0 Å². The molecule has 0 aromatic rings. The maximum atomic E-state index is 12.8. The molecule has 0 N–H and O–H groups in total. The first kappa shape index (κ1) is 61.6. The third-order valence-electron chi connectivity index (χ3n) is 11.4. The van der Waals surface area contributed by atoms with Gasteiger partial charge in [-0.1, -0.05) is 241 Å². The van der Waals surface area contributed by atoms with Gasteiger partial charge in [0.05, 0.1) is 0 Å². The quantitative estimate of drug-likeness (QED) is 0.0199. The van der Waals surface area contributed by atoms with E-state index in [1.54, 1.807) is 0 Å². The van der Waals surface area contributed by atoms with Gasteiger partial charge < -0.3 is 14.2 Å². The van der Waals surface area contributed by atoms with Crippen LogP contribution in [-0.2, 0) is 28.6 Å². The van der Waals surface area contributed by atoms with Crippen molar-refractivity contribution in [1.82, 2.24) is 0 Å². The van der Waals surface area contributed by atoms with E-state index in [0.717, 1.165) is 77.0 Å². The van der Waals surface area contributed by atoms with Crippen molar-refractivity contribution in [3.05, 3.63) is 85.1 Å². The van der Waals surface area contributed by atoms with Gasteiger partial charge in [-0.15, -0.1) is 0 Å². The van der Waals surface area contributed by atoms with Gasteiger partial charge in [-0.25, -0.2) is 0 Å². The van der Waals surface area contributed by atoms with Crippen molar-refractivity contribution in [2.75, 3.05) is 13.2 Å². The predicted octanol–water partition coefficient (Wildman–Crippen LogP) is 18.0. The zero-order valence-electron chi connectivity index (χ0n) is 42.5. The van der Waals surface area contributed by atoms with E-state index < -0.39 is 6.10 Å². The molecule has 65 heavy (non-hydrogen) atoms. The van der Waals surface area contributed by atoms with Gasteiger partial charge in [-0.05, 0) is 77.0 Å². The molecular weight excluding hydrogens is 805 g/mol. The zero-order chi connectivity index (χ0) is 47.2. The van der Waals surface area contributed by atoms with Crippen LogP contribution in [0.15, 0.2) is 85.1 Å². The number of hydrogen-bond acceptors (Lipinski definition) is 6. The highest BCUT2D eigenvalue weighted by Crippen LogP contribution is 2.15. The summed E-state index contributed by atoms with van der Waals surface area (Å²) >= 11 is 0. The average Bonchev–Trinajstić information content (AvgIpc) is 3.30. The maximum absolute atomic E-state index is 12.8. The number of rotatable bonds is 48. The van der Waals surface area contributed by atoms with Gasteiger partial charge in [0.2, 0.25) is 0 Å². The van der Waals surface area contributed by atoms with Crippen molar-refractivity contribution < 1.29 is 28.6 Å². The molecule has 0 rings (SSSR count). The van der Waals surface area contributed by atoms with E-state index in [9.17, 15) is 14.4 Å². The second-order valence-electron chi connectivity index (χ2n) is 17.8. The second-order valence-corrected chi connectivity index (χ2v) is 17.8. The molecule has 0 aliphatic rings. The van der Waals surface area contributed by atoms with Crippen LogP contribution in [0.4, 0.5) is 0 Å². The molecule has 0 spiro atoms. The molecule has 0 aromatic carbocycles. The van der Waals surface area contributed by atoms with Gasteiger partial charge in [0.1, 0.15) is 13.2 Å². The lowest BCUT2D eigenvalue weighted by Crippen LogP contribution is -2.30. The highest BCUT2D eigenvalue weighted by molar-refractivity contribution is 5.71. The van der Waals surface area contributed by atoms with E-state index in [0.29, 0.717) is 19.3 Å². The maximum Gasteiger partial charge on any atom is 0.306 e. The van der Waals surface area contributed by atoms with Crippen molar-refractivity contribution in [3.8, 4) is 0 Å². The Balaban J connectivity index is 4.49. The minimum Gasteiger partial charge on any atom is -0.462 e. The van der Waals surface area contributed by atoms with Crippen LogP contribution in [0.3, 0.4) is 0 Å². The van der Waals surface area contributed by atoms with Crippen molar-refractivity contribution >= 4 is 17.9 Å². The molecule has 372 valence electrons. The summed E-state index contributed by atoms with van der Waals surface area (Å²) in [6.45, 7) is 6.43. The summed E-state index contributed by atoms with van der Waals surface area (Å²) in [4.78, 5) is 38.0. The van der Waals surface area contributed by atoms with Gasteiger partial charge in [-0.2, -0.15) is 0 Å². The molecule has 0 aliphatic heterocycles. The molecule has 0 saturated heterocycles. The smallest absolute Gasteiger partial charge is 0.306 e. The molecule has 1 atom stereocenters. The molecule has 0 saturated carbocycles. The number of hydrogen-bond donors (Lipinski definition) is 0. The summed E-state index contributed by atoms with van der Waals surface area (Å²) in [6.07, 6.45) is 68.6. The van der Waals surface area contributed by atoms with E-state index in [1.807, 2.05) is 6.08 Å². The lowest BCUT2D eigenvalue weighted by atomic mass is 10.0. The van der Waals surface area contributed by atoms with Crippen LogP contribution >= 0.6 is 0 Å². The van der Waals surface area contributed by atoms with Gasteiger partial charge in [0.25, 0.3) is 0 Å². The minimum atomic E-state index is -0.809. The lowest BCUT2D eigenvalue weighted by molar-refractivity contribution is -0.166. The molecule has 0 aromatic heterocycles. The first-order valence-corrected chi connectivity index (χ1v) is 27.1. The predicted molar refractivity (Wildman–Crippen MR) is 279 cm³/mol. The SMILES string of the molecule is CC/C=C\C/C=C\C/C=C\C/C=C\C/C=C\CCC(=O)OCC(COC(=O)CCCCCCCC/C=C\C=C/CCCCC)OC(=O)CCCCCCCCCCCCCCCCCC. The van der Waals surface area contributed by atoms with E-state index >= 15 is 0 Å². The molecule has 6 nitrogen and oxygen atoms in total. The standard InChI is InChI=1S/C59H100O6/c1-4-7-10-13-16-19-22-25-28-31-34-37-40-43-46-49-52-58(61)64-55-56(54-63-57(60)51-48-45-42-39-36-33-30-27-24-21-18-15-12-9-6-3)65-59(62)53-50-47-44-41-38-35-32-29-26-23-20-17-14-11-8-5-2/h7,10,16,18-19,21,24-25,27-28,34,37,43,46,56H,4-6,8-9,11-15,17,20,22-23,26,29-33,35-36,38-42,44-45,47-55H2,1-3H3/b10-7-,19-16-,21-18-,27-24-,28-25-,37-34-,46-43-. The molecule has 6 heteroatoms. The summed E-state index contributed by atoms with van der Waals surface area (Å²) < 4.78 is 16.8. The zero-order valence-corrected chi connectivity index (χ0v) is 42.5.